The maximum atomic E-state index is 12.6. The van der Waals surface area contributed by atoms with Crippen molar-refractivity contribution in [1.82, 2.24) is 9.88 Å². The van der Waals surface area contributed by atoms with E-state index in [-0.39, 0.29) is 17.5 Å². The van der Waals surface area contributed by atoms with E-state index in [1.165, 1.54) is 6.20 Å². The molecule has 26 heavy (non-hydrogen) atoms. The zero-order chi connectivity index (χ0) is 19.3. The molecule has 0 spiro atoms. The van der Waals surface area contributed by atoms with Gasteiger partial charge in [0.25, 0.3) is 11.8 Å². The molecule has 1 aromatic heterocycles. The van der Waals surface area contributed by atoms with Crippen LogP contribution in [0.5, 0.6) is 0 Å². The van der Waals surface area contributed by atoms with Crippen LogP contribution in [0.3, 0.4) is 0 Å². The first-order chi connectivity index (χ1) is 12.3. The second kappa shape index (κ2) is 8.61. The Balaban J connectivity index is 2.19. The zero-order valence-corrected chi connectivity index (χ0v) is 16.2. The van der Waals surface area contributed by atoms with Crippen molar-refractivity contribution >= 4 is 17.5 Å². The van der Waals surface area contributed by atoms with Crippen LogP contribution in [-0.4, -0.2) is 35.3 Å². The number of benzene rings is 1. The van der Waals surface area contributed by atoms with Gasteiger partial charge in [-0.1, -0.05) is 31.0 Å². The van der Waals surface area contributed by atoms with E-state index in [4.69, 9.17) is 0 Å². The van der Waals surface area contributed by atoms with Crippen LogP contribution in [0.4, 0.5) is 5.69 Å². The molecule has 2 rings (SSSR count). The first-order valence-electron chi connectivity index (χ1n) is 8.94. The smallest absolute Gasteiger partial charge is 0.274 e. The van der Waals surface area contributed by atoms with E-state index in [1.54, 1.807) is 24.1 Å². The van der Waals surface area contributed by atoms with Crippen LogP contribution in [0, 0.1) is 20.8 Å². The molecule has 2 amide bonds. The molecule has 2 aromatic rings. The molecular formula is C21H27N3O2. The Bertz CT molecular complexity index is 792. The number of amides is 2. The lowest BCUT2D eigenvalue weighted by Crippen LogP contribution is -2.28. The molecule has 0 bridgehead atoms. The van der Waals surface area contributed by atoms with Crippen molar-refractivity contribution in [3.63, 3.8) is 0 Å². The molecule has 0 unspecified atom stereocenters. The number of carbonyl (C=O) groups excluding carboxylic acids is 2. The fraction of sp³-hybridized carbons (Fsp3) is 0.381. The van der Waals surface area contributed by atoms with Gasteiger partial charge in [-0.05, 0) is 50.5 Å². The molecule has 0 fully saturated rings. The summed E-state index contributed by atoms with van der Waals surface area (Å²) in [7, 11) is 1.77. The number of carbonyl (C=O) groups is 2. The summed E-state index contributed by atoms with van der Waals surface area (Å²) in [6.45, 7) is 8.73. The Morgan fingerprint density at radius 3 is 2.38 bits per heavy atom. The number of hydrogen-bond acceptors (Lipinski definition) is 3. The number of anilines is 1. The SMILES string of the molecule is CCCCN(C)C(=O)c1ccnc(C(=O)Nc2c(C)cc(C)cc2C)c1. The minimum atomic E-state index is -0.314. The van der Waals surface area contributed by atoms with Crippen molar-refractivity contribution in [1.29, 1.82) is 0 Å². The maximum Gasteiger partial charge on any atom is 0.274 e. The summed E-state index contributed by atoms with van der Waals surface area (Å²) in [6.07, 6.45) is 3.48. The van der Waals surface area contributed by atoms with Crippen LogP contribution < -0.4 is 5.32 Å². The largest absolute Gasteiger partial charge is 0.342 e. The van der Waals surface area contributed by atoms with Crippen molar-refractivity contribution in [2.75, 3.05) is 18.9 Å². The lowest BCUT2D eigenvalue weighted by molar-refractivity contribution is 0.0793. The van der Waals surface area contributed by atoms with Crippen molar-refractivity contribution in [2.45, 2.75) is 40.5 Å². The summed E-state index contributed by atoms with van der Waals surface area (Å²) >= 11 is 0. The molecule has 0 saturated heterocycles. The zero-order valence-electron chi connectivity index (χ0n) is 16.2. The monoisotopic (exact) mass is 353 g/mol. The molecule has 0 aliphatic carbocycles. The second-order valence-corrected chi connectivity index (χ2v) is 6.74. The minimum Gasteiger partial charge on any atom is -0.342 e. The molecule has 0 atom stereocenters. The fourth-order valence-corrected chi connectivity index (χ4v) is 2.96. The Labute approximate surface area is 155 Å². The number of nitrogens with one attached hydrogen (secondary N) is 1. The molecular weight excluding hydrogens is 326 g/mol. The predicted octanol–water partition coefficient (Wildman–Crippen LogP) is 4.13. The molecule has 0 saturated carbocycles. The molecule has 0 aliphatic rings. The average Bonchev–Trinajstić information content (AvgIpc) is 2.61. The minimum absolute atomic E-state index is 0.0994. The Hall–Kier alpha value is -2.69. The summed E-state index contributed by atoms with van der Waals surface area (Å²) in [5.41, 5.74) is 4.66. The fourth-order valence-electron chi connectivity index (χ4n) is 2.96. The van der Waals surface area contributed by atoms with E-state index in [2.05, 4.69) is 17.2 Å². The van der Waals surface area contributed by atoms with E-state index >= 15 is 0 Å². The Morgan fingerprint density at radius 2 is 1.77 bits per heavy atom. The predicted molar refractivity (Wildman–Crippen MR) is 105 cm³/mol. The van der Waals surface area contributed by atoms with Crippen LogP contribution in [0.15, 0.2) is 30.5 Å². The normalized spacial score (nSPS) is 10.5. The first kappa shape index (κ1) is 19.6. The summed E-state index contributed by atoms with van der Waals surface area (Å²) in [4.78, 5) is 30.9. The standard InChI is InChI=1S/C21H27N3O2/c1-6-7-10-24(5)21(26)17-8-9-22-18(13-17)20(25)23-19-15(3)11-14(2)12-16(19)4/h8-9,11-13H,6-7,10H2,1-5H3,(H,23,25). The molecule has 5 nitrogen and oxygen atoms in total. The lowest BCUT2D eigenvalue weighted by atomic mass is 10.0. The van der Waals surface area contributed by atoms with Crippen molar-refractivity contribution in [2.24, 2.45) is 0 Å². The number of rotatable bonds is 6. The van der Waals surface area contributed by atoms with Gasteiger partial charge in [0.1, 0.15) is 5.69 Å². The topological polar surface area (TPSA) is 62.3 Å². The summed E-state index contributed by atoms with van der Waals surface area (Å²) in [6, 6.07) is 7.25. The molecule has 1 N–H and O–H groups in total. The van der Waals surface area contributed by atoms with Gasteiger partial charge in [0.05, 0.1) is 0 Å². The molecule has 1 heterocycles. The average molecular weight is 353 g/mol. The van der Waals surface area contributed by atoms with Gasteiger partial charge < -0.3 is 10.2 Å². The van der Waals surface area contributed by atoms with Crippen molar-refractivity contribution in [3.05, 3.63) is 58.4 Å². The number of unbranched alkanes of at least 4 members (excludes halogenated alkanes) is 1. The number of nitrogens with zero attached hydrogens (tertiary/aromatic N) is 2. The molecule has 138 valence electrons. The highest BCUT2D eigenvalue weighted by Gasteiger charge is 2.16. The second-order valence-electron chi connectivity index (χ2n) is 6.74. The van der Waals surface area contributed by atoms with E-state index in [0.717, 1.165) is 35.2 Å². The quantitative estimate of drug-likeness (QED) is 0.849. The summed E-state index contributed by atoms with van der Waals surface area (Å²) in [5.74, 6) is -0.413. The third-order valence-electron chi connectivity index (χ3n) is 4.35. The third-order valence-corrected chi connectivity index (χ3v) is 4.35. The van der Waals surface area contributed by atoms with Crippen LogP contribution in [0.1, 0.15) is 57.3 Å². The number of aromatic nitrogens is 1. The van der Waals surface area contributed by atoms with Crippen LogP contribution in [0.2, 0.25) is 0 Å². The van der Waals surface area contributed by atoms with Crippen LogP contribution >= 0.6 is 0 Å². The molecule has 1 aromatic carbocycles. The van der Waals surface area contributed by atoms with Gasteiger partial charge in [0, 0.05) is 31.0 Å². The van der Waals surface area contributed by atoms with Gasteiger partial charge in [-0.3, -0.25) is 14.6 Å². The van der Waals surface area contributed by atoms with Gasteiger partial charge in [-0.25, -0.2) is 0 Å². The van der Waals surface area contributed by atoms with E-state index in [0.29, 0.717) is 12.1 Å². The summed E-state index contributed by atoms with van der Waals surface area (Å²) in [5, 5.41) is 2.93. The lowest BCUT2D eigenvalue weighted by Gasteiger charge is -2.17. The Kier molecular flexibility index (Phi) is 6.50. The highest BCUT2D eigenvalue weighted by Crippen LogP contribution is 2.22. The van der Waals surface area contributed by atoms with Crippen molar-refractivity contribution in [3.8, 4) is 0 Å². The van der Waals surface area contributed by atoms with Crippen LogP contribution in [0.25, 0.3) is 0 Å². The van der Waals surface area contributed by atoms with Gasteiger partial charge in [0.15, 0.2) is 0 Å². The molecule has 0 aliphatic heterocycles. The maximum absolute atomic E-state index is 12.6. The van der Waals surface area contributed by atoms with Gasteiger partial charge in [-0.2, -0.15) is 0 Å². The van der Waals surface area contributed by atoms with Gasteiger partial charge in [0.2, 0.25) is 0 Å². The van der Waals surface area contributed by atoms with Crippen molar-refractivity contribution < 1.29 is 9.59 Å². The number of pyridine rings is 1. The molecule has 5 heteroatoms. The van der Waals surface area contributed by atoms with E-state index < -0.39 is 0 Å². The highest BCUT2D eigenvalue weighted by atomic mass is 16.2. The first-order valence-corrected chi connectivity index (χ1v) is 8.94. The van der Waals surface area contributed by atoms with Gasteiger partial charge >= 0.3 is 0 Å². The molecule has 0 radical (unpaired) electrons. The van der Waals surface area contributed by atoms with E-state index in [9.17, 15) is 9.59 Å². The van der Waals surface area contributed by atoms with E-state index in [1.807, 2.05) is 32.9 Å². The third kappa shape index (κ3) is 4.69. The van der Waals surface area contributed by atoms with Gasteiger partial charge in [-0.15, -0.1) is 0 Å². The number of aryl methyl sites for hydroxylation is 3. The van der Waals surface area contributed by atoms with Crippen LogP contribution in [-0.2, 0) is 0 Å². The summed E-state index contributed by atoms with van der Waals surface area (Å²) < 4.78 is 0. The Morgan fingerprint density at radius 1 is 1.12 bits per heavy atom. The highest BCUT2D eigenvalue weighted by molar-refractivity contribution is 6.05. The number of hydrogen-bond donors (Lipinski definition) is 1.